The molecule has 1 fully saturated rings. The van der Waals surface area contributed by atoms with Crippen LogP contribution < -0.4 is 5.43 Å². The summed E-state index contributed by atoms with van der Waals surface area (Å²) >= 11 is 0. The van der Waals surface area contributed by atoms with Gasteiger partial charge in [0.05, 0.1) is 30.4 Å². The van der Waals surface area contributed by atoms with E-state index in [9.17, 15) is 14.9 Å². The molecular weight excluding hydrogens is 288 g/mol. The van der Waals surface area contributed by atoms with E-state index in [1.807, 2.05) is 4.90 Å². The van der Waals surface area contributed by atoms with Gasteiger partial charge in [0.25, 0.3) is 11.6 Å². The van der Waals surface area contributed by atoms with Crippen molar-refractivity contribution < 1.29 is 14.5 Å². The number of nitro groups is 1. The molecule has 1 aliphatic heterocycles. The molecule has 0 atom stereocenters. The van der Waals surface area contributed by atoms with Gasteiger partial charge in [0.2, 0.25) is 0 Å². The molecule has 0 unspecified atom stereocenters. The number of nitrogens with one attached hydrogen (secondary N) is 1. The maximum Gasteiger partial charge on any atom is 0.269 e. The molecule has 1 amide bonds. The smallest absolute Gasteiger partial charge is 0.269 e. The van der Waals surface area contributed by atoms with Crippen LogP contribution in [0, 0.1) is 10.1 Å². The summed E-state index contributed by atoms with van der Waals surface area (Å²) in [5, 5.41) is 14.6. The topological polar surface area (TPSA) is 97.1 Å². The van der Waals surface area contributed by atoms with Gasteiger partial charge >= 0.3 is 0 Å². The molecular formula is C14H18N4O4. The van der Waals surface area contributed by atoms with Crippen LogP contribution in [0.25, 0.3) is 0 Å². The van der Waals surface area contributed by atoms with E-state index in [0.29, 0.717) is 18.9 Å². The van der Waals surface area contributed by atoms with Crippen molar-refractivity contribution in [3.8, 4) is 0 Å². The van der Waals surface area contributed by atoms with E-state index in [1.165, 1.54) is 12.1 Å². The number of nitrogens with zero attached hydrogens (tertiary/aromatic N) is 3. The van der Waals surface area contributed by atoms with Crippen molar-refractivity contribution in [2.45, 2.75) is 6.92 Å². The zero-order valence-corrected chi connectivity index (χ0v) is 12.3. The first-order chi connectivity index (χ1) is 10.6. The minimum Gasteiger partial charge on any atom is -0.379 e. The first kappa shape index (κ1) is 16.1. The molecule has 0 saturated carbocycles. The molecule has 1 aromatic rings. The van der Waals surface area contributed by atoms with E-state index in [0.717, 1.165) is 18.7 Å². The molecule has 0 spiro atoms. The van der Waals surface area contributed by atoms with Crippen molar-refractivity contribution >= 4 is 17.3 Å². The maximum atomic E-state index is 11.8. The molecule has 1 N–H and O–H groups in total. The predicted octanol–water partition coefficient (Wildman–Crippen LogP) is 0.767. The number of hydrogen-bond acceptors (Lipinski definition) is 6. The third-order valence-corrected chi connectivity index (χ3v) is 3.32. The number of rotatable bonds is 5. The molecule has 0 aromatic heterocycles. The Morgan fingerprint density at radius 3 is 2.59 bits per heavy atom. The summed E-state index contributed by atoms with van der Waals surface area (Å²) in [6, 6.07) is 6.02. The largest absolute Gasteiger partial charge is 0.379 e. The summed E-state index contributed by atoms with van der Waals surface area (Å²) in [6.45, 7) is 4.75. The Balaban J connectivity index is 1.88. The summed E-state index contributed by atoms with van der Waals surface area (Å²) in [7, 11) is 0. The van der Waals surface area contributed by atoms with Crippen LogP contribution in [0.2, 0.25) is 0 Å². The normalized spacial score (nSPS) is 16.3. The average Bonchev–Trinajstić information content (AvgIpc) is 2.53. The van der Waals surface area contributed by atoms with Crippen LogP contribution >= 0.6 is 0 Å². The van der Waals surface area contributed by atoms with Crippen LogP contribution in [0.4, 0.5) is 5.69 Å². The van der Waals surface area contributed by atoms with Crippen LogP contribution in [-0.2, 0) is 9.53 Å². The van der Waals surface area contributed by atoms with Gasteiger partial charge in [-0.15, -0.1) is 0 Å². The highest BCUT2D eigenvalue weighted by molar-refractivity contribution is 5.99. The van der Waals surface area contributed by atoms with E-state index in [-0.39, 0.29) is 18.1 Å². The third-order valence-electron chi connectivity index (χ3n) is 3.32. The van der Waals surface area contributed by atoms with E-state index in [4.69, 9.17) is 4.74 Å². The van der Waals surface area contributed by atoms with E-state index in [1.54, 1.807) is 19.1 Å². The Labute approximate surface area is 127 Å². The molecule has 0 bridgehead atoms. The molecule has 1 heterocycles. The summed E-state index contributed by atoms with van der Waals surface area (Å²) in [6.07, 6.45) is 0. The van der Waals surface area contributed by atoms with Crippen molar-refractivity contribution in [3.63, 3.8) is 0 Å². The molecule has 118 valence electrons. The van der Waals surface area contributed by atoms with Gasteiger partial charge < -0.3 is 4.74 Å². The van der Waals surface area contributed by atoms with Gasteiger partial charge in [-0.25, -0.2) is 5.43 Å². The molecule has 1 aliphatic rings. The Bertz CT molecular complexity index is 565. The highest BCUT2D eigenvalue weighted by Crippen LogP contribution is 2.12. The lowest BCUT2D eigenvalue weighted by Gasteiger charge is -2.25. The molecule has 2 rings (SSSR count). The zero-order valence-electron chi connectivity index (χ0n) is 12.3. The molecule has 1 aromatic carbocycles. The standard InChI is InChI=1S/C14H18N4O4/c1-11(12-2-4-13(5-3-12)18(20)21)15-16-14(19)10-17-6-8-22-9-7-17/h2-5H,6-10H2,1H3,(H,16,19)/b15-11+. The fourth-order valence-corrected chi connectivity index (χ4v) is 2.03. The summed E-state index contributed by atoms with van der Waals surface area (Å²) in [5.41, 5.74) is 3.83. The number of ether oxygens (including phenoxy) is 1. The van der Waals surface area contributed by atoms with Gasteiger partial charge in [0, 0.05) is 25.2 Å². The molecule has 8 nitrogen and oxygen atoms in total. The molecule has 8 heteroatoms. The van der Waals surface area contributed by atoms with E-state index in [2.05, 4.69) is 10.5 Å². The Morgan fingerprint density at radius 1 is 1.36 bits per heavy atom. The van der Waals surface area contributed by atoms with Crippen molar-refractivity contribution in [1.82, 2.24) is 10.3 Å². The Hall–Kier alpha value is -2.32. The zero-order chi connectivity index (χ0) is 15.9. The average molecular weight is 306 g/mol. The van der Waals surface area contributed by atoms with Crippen LogP contribution in [0.3, 0.4) is 0 Å². The fraction of sp³-hybridized carbons (Fsp3) is 0.429. The monoisotopic (exact) mass is 306 g/mol. The molecule has 1 saturated heterocycles. The highest BCUT2D eigenvalue weighted by atomic mass is 16.6. The number of carbonyl (C=O) groups is 1. The Morgan fingerprint density at radius 2 is 2.00 bits per heavy atom. The minimum atomic E-state index is -0.458. The third kappa shape index (κ3) is 4.61. The minimum absolute atomic E-state index is 0.0212. The van der Waals surface area contributed by atoms with Gasteiger partial charge in [0.1, 0.15) is 0 Å². The van der Waals surface area contributed by atoms with Crippen LogP contribution in [0.5, 0.6) is 0 Å². The Kier molecular flexibility index (Phi) is 5.56. The number of amides is 1. The fourth-order valence-electron chi connectivity index (χ4n) is 2.03. The number of hydrazone groups is 1. The number of nitro benzene ring substituents is 1. The van der Waals surface area contributed by atoms with Gasteiger partial charge in [-0.05, 0) is 24.6 Å². The molecule has 22 heavy (non-hydrogen) atoms. The second-order valence-electron chi connectivity index (χ2n) is 4.92. The number of benzene rings is 1. The lowest BCUT2D eigenvalue weighted by Crippen LogP contribution is -2.42. The quantitative estimate of drug-likeness (QED) is 0.492. The van der Waals surface area contributed by atoms with Crippen molar-refractivity contribution in [2.75, 3.05) is 32.8 Å². The van der Waals surface area contributed by atoms with Crippen molar-refractivity contribution in [1.29, 1.82) is 0 Å². The van der Waals surface area contributed by atoms with Gasteiger partial charge in [-0.2, -0.15) is 5.10 Å². The first-order valence-corrected chi connectivity index (χ1v) is 6.94. The van der Waals surface area contributed by atoms with E-state index < -0.39 is 4.92 Å². The van der Waals surface area contributed by atoms with Crippen molar-refractivity contribution in [2.24, 2.45) is 5.10 Å². The summed E-state index contributed by atoms with van der Waals surface area (Å²) in [4.78, 5) is 23.9. The number of non-ortho nitro benzene ring substituents is 1. The van der Waals surface area contributed by atoms with Gasteiger partial charge in [-0.1, -0.05) is 0 Å². The number of hydrogen-bond donors (Lipinski definition) is 1. The predicted molar refractivity (Wildman–Crippen MR) is 80.7 cm³/mol. The first-order valence-electron chi connectivity index (χ1n) is 6.94. The van der Waals surface area contributed by atoms with E-state index >= 15 is 0 Å². The van der Waals surface area contributed by atoms with Gasteiger partial charge in [0.15, 0.2) is 0 Å². The van der Waals surface area contributed by atoms with Crippen LogP contribution in [0.15, 0.2) is 29.4 Å². The SMILES string of the molecule is C/C(=N\NC(=O)CN1CCOCC1)c1ccc([N+](=O)[O-])cc1. The van der Waals surface area contributed by atoms with Crippen LogP contribution in [-0.4, -0.2) is 54.3 Å². The number of carbonyl (C=O) groups excluding carboxylic acids is 1. The summed E-state index contributed by atoms with van der Waals surface area (Å²) in [5.74, 6) is -0.192. The van der Waals surface area contributed by atoms with Crippen LogP contribution in [0.1, 0.15) is 12.5 Å². The van der Waals surface area contributed by atoms with Gasteiger partial charge in [-0.3, -0.25) is 19.8 Å². The highest BCUT2D eigenvalue weighted by Gasteiger charge is 2.13. The number of morpholine rings is 1. The maximum absolute atomic E-state index is 11.8. The summed E-state index contributed by atoms with van der Waals surface area (Å²) < 4.78 is 5.21. The second-order valence-corrected chi connectivity index (χ2v) is 4.92. The second kappa shape index (κ2) is 7.62. The van der Waals surface area contributed by atoms with Crippen molar-refractivity contribution in [3.05, 3.63) is 39.9 Å². The molecule has 0 aliphatic carbocycles. The lowest BCUT2D eigenvalue weighted by molar-refractivity contribution is -0.384. The molecule has 0 radical (unpaired) electrons. The lowest BCUT2D eigenvalue weighted by atomic mass is 10.1.